The Bertz CT molecular complexity index is 1030. The summed E-state index contributed by atoms with van der Waals surface area (Å²) in [6.07, 6.45) is 0.889. The molecule has 2 aromatic heterocycles. The smallest absolute Gasteiger partial charge is 0.312 e. The molecule has 0 amide bonds. The van der Waals surface area contributed by atoms with E-state index in [4.69, 9.17) is 0 Å². The van der Waals surface area contributed by atoms with Gasteiger partial charge in [0, 0.05) is 11.0 Å². The average molecular weight is 412 g/mol. The third-order valence-corrected chi connectivity index (χ3v) is 4.53. The van der Waals surface area contributed by atoms with Gasteiger partial charge in [0.05, 0.1) is 12.9 Å². The highest BCUT2D eigenvalue weighted by Gasteiger charge is 2.13. The van der Waals surface area contributed by atoms with Gasteiger partial charge in [-0.2, -0.15) is 14.4 Å². The molecule has 0 saturated carbocycles. The van der Waals surface area contributed by atoms with Crippen LogP contribution >= 0.6 is 15.9 Å². The largest absolute Gasteiger partial charge is 0.364 e. The monoisotopic (exact) mass is 411 g/mol. The maximum atomic E-state index is 14.0. The van der Waals surface area contributed by atoms with Gasteiger partial charge in [-0.25, -0.2) is 4.98 Å². The molecular formula is C19H15BrFN5. The molecule has 4 rings (SSSR count). The predicted octanol–water partition coefficient (Wildman–Crippen LogP) is 4.39. The summed E-state index contributed by atoms with van der Waals surface area (Å²) in [7, 11) is 0. The van der Waals surface area contributed by atoms with Gasteiger partial charge >= 0.3 is 6.08 Å². The Labute approximate surface area is 158 Å². The fourth-order valence-electron chi connectivity index (χ4n) is 2.72. The lowest BCUT2D eigenvalue weighted by atomic mass is 10.2. The van der Waals surface area contributed by atoms with Crippen LogP contribution in [-0.2, 0) is 13.1 Å². The molecule has 0 atom stereocenters. The van der Waals surface area contributed by atoms with Crippen molar-refractivity contribution >= 4 is 32.9 Å². The highest BCUT2D eigenvalue weighted by Crippen LogP contribution is 2.21. The molecule has 0 saturated heterocycles. The number of imidazole rings is 1. The maximum absolute atomic E-state index is 14.0. The van der Waals surface area contributed by atoms with E-state index in [0.29, 0.717) is 30.1 Å². The van der Waals surface area contributed by atoms with Crippen LogP contribution in [0, 0.1) is 6.08 Å². The van der Waals surface area contributed by atoms with E-state index in [1.165, 1.54) is 0 Å². The van der Waals surface area contributed by atoms with Crippen molar-refractivity contribution in [3.8, 4) is 0 Å². The summed E-state index contributed by atoms with van der Waals surface area (Å²) in [5, 5.41) is 3.16. The predicted molar refractivity (Wildman–Crippen MR) is 102 cm³/mol. The Hall–Kier alpha value is -2.80. The topological polar surface area (TPSA) is 55.6 Å². The molecule has 4 aromatic rings. The van der Waals surface area contributed by atoms with Crippen LogP contribution < -0.4 is 5.32 Å². The minimum absolute atomic E-state index is 0.394. The normalized spacial score (nSPS) is 11.0. The van der Waals surface area contributed by atoms with Crippen molar-refractivity contribution in [2.24, 2.45) is 0 Å². The number of aromatic nitrogens is 4. The van der Waals surface area contributed by atoms with Crippen LogP contribution in [0.25, 0.3) is 11.2 Å². The van der Waals surface area contributed by atoms with Crippen molar-refractivity contribution < 1.29 is 4.39 Å². The number of anilines is 1. The lowest BCUT2D eigenvalue weighted by molar-refractivity contribution is 0.543. The number of hydrogen-bond acceptors (Lipinski definition) is 4. The minimum Gasteiger partial charge on any atom is -0.364 e. The third kappa shape index (κ3) is 3.57. The standard InChI is InChI=1S/C19H15BrFN5/c20-15-8-6-14(7-9-15)11-26-12-23-16-17(24-19(21)25-18(16)26)22-10-13-4-2-1-3-5-13/h1-9,12H,10-11H2,(H,22,24,25). The first-order valence-corrected chi connectivity index (χ1v) is 8.89. The lowest BCUT2D eigenvalue weighted by Gasteiger charge is -2.08. The maximum Gasteiger partial charge on any atom is 0.312 e. The average Bonchev–Trinajstić information content (AvgIpc) is 3.05. The van der Waals surface area contributed by atoms with Crippen molar-refractivity contribution in [1.82, 2.24) is 19.5 Å². The van der Waals surface area contributed by atoms with E-state index in [9.17, 15) is 4.39 Å². The molecule has 0 spiro atoms. The van der Waals surface area contributed by atoms with Crippen LogP contribution in [0.15, 0.2) is 65.4 Å². The summed E-state index contributed by atoms with van der Waals surface area (Å²) in [4.78, 5) is 12.2. The summed E-state index contributed by atoms with van der Waals surface area (Å²) in [5.41, 5.74) is 3.18. The number of halogens is 2. The van der Waals surface area contributed by atoms with Gasteiger partial charge in [-0.1, -0.05) is 58.4 Å². The van der Waals surface area contributed by atoms with E-state index in [1.54, 1.807) is 6.33 Å². The second kappa shape index (κ2) is 7.21. The SMILES string of the molecule is Fc1nc(NCc2ccccc2)c2ncn(Cc3ccc(Br)cc3)c2n1. The van der Waals surface area contributed by atoms with Gasteiger partial charge in [0.25, 0.3) is 0 Å². The Morgan fingerprint density at radius 2 is 1.73 bits per heavy atom. The molecule has 0 unspecified atom stereocenters. The van der Waals surface area contributed by atoms with E-state index in [0.717, 1.165) is 15.6 Å². The van der Waals surface area contributed by atoms with Crippen LogP contribution in [0.5, 0.6) is 0 Å². The van der Waals surface area contributed by atoms with Gasteiger partial charge < -0.3 is 9.88 Å². The Balaban J connectivity index is 1.63. The van der Waals surface area contributed by atoms with Crippen LogP contribution in [-0.4, -0.2) is 19.5 Å². The quantitative estimate of drug-likeness (QED) is 0.494. The van der Waals surface area contributed by atoms with Crippen LogP contribution in [0.2, 0.25) is 0 Å². The van der Waals surface area contributed by atoms with E-state index in [1.807, 2.05) is 59.2 Å². The van der Waals surface area contributed by atoms with Crippen molar-refractivity contribution in [2.75, 3.05) is 5.32 Å². The number of nitrogens with one attached hydrogen (secondary N) is 1. The summed E-state index contributed by atoms with van der Waals surface area (Å²) in [5.74, 6) is 0.394. The Morgan fingerprint density at radius 1 is 0.962 bits per heavy atom. The molecule has 130 valence electrons. The molecule has 0 fully saturated rings. The number of hydrogen-bond donors (Lipinski definition) is 1. The summed E-state index contributed by atoms with van der Waals surface area (Å²) < 4.78 is 16.8. The van der Waals surface area contributed by atoms with E-state index < -0.39 is 6.08 Å². The van der Waals surface area contributed by atoms with Gasteiger partial charge in [0.1, 0.15) is 0 Å². The molecule has 2 heterocycles. The van der Waals surface area contributed by atoms with Gasteiger partial charge in [-0.15, -0.1) is 0 Å². The van der Waals surface area contributed by atoms with E-state index in [-0.39, 0.29) is 0 Å². The summed E-state index contributed by atoms with van der Waals surface area (Å²) in [6.45, 7) is 1.09. The third-order valence-electron chi connectivity index (χ3n) is 4.01. The summed E-state index contributed by atoms with van der Waals surface area (Å²) >= 11 is 3.42. The van der Waals surface area contributed by atoms with Gasteiger partial charge in [0.15, 0.2) is 17.0 Å². The zero-order valence-corrected chi connectivity index (χ0v) is 15.3. The molecule has 1 N–H and O–H groups in total. The van der Waals surface area contributed by atoms with Crippen molar-refractivity contribution in [3.05, 3.63) is 82.6 Å². The first-order chi connectivity index (χ1) is 12.7. The molecular weight excluding hydrogens is 397 g/mol. The van der Waals surface area contributed by atoms with Crippen molar-refractivity contribution in [3.63, 3.8) is 0 Å². The van der Waals surface area contributed by atoms with Crippen LogP contribution in [0.3, 0.4) is 0 Å². The molecule has 7 heteroatoms. The first-order valence-electron chi connectivity index (χ1n) is 8.09. The van der Waals surface area contributed by atoms with Crippen LogP contribution in [0.1, 0.15) is 11.1 Å². The molecule has 0 aliphatic carbocycles. The lowest BCUT2D eigenvalue weighted by Crippen LogP contribution is -2.06. The molecule has 2 aromatic carbocycles. The highest BCUT2D eigenvalue weighted by atomic mass is 79.9. The summed E-state index contributed by atoms with van der Waals surface area (Å²) in [6, 6.07) is 17.8. The Morgan fingerprint density at radius 3 is 2.50 bits per heavy atom. The van der Waals surface area contributed by atoms with Gasteiger partial charge in [-0.05, 0) is 23.3 Å². The molecule has 5 nitrogen and oxygen atoms in total. The number of rotatable bonds is 5. The van der Waals surface area contributed by atoms with Crippen LogP contribution in [0.4, 0.5) is 10.2 Å². The van der Waals surface area contributed by atoms with Gasteiger partial charge in [0.2, 0.25) is 0 Å². The zero-order valence-electron chi connectivity index (χ0n) is 13.7. The zero-order chi connectivity index (χ0) is 17.9. The first kappa shape index (κ1) is 16.7. The highest BCUT2D eigenvalue weighted by molar-refractivity contribution is 9.10. The number of nitrogens with zero attached hydrogens (tertiary/aromatic N) is 4. The Kier molecular flexibility index (Phi) is 4.62. The number of fused-ring (bicyclic) bond motifs is 1. The molecule has 0 radical (unpaired) electrons. The van der Waals surface area contributed by atoms with Crippen molar-refractivity contribution in [2.45, 2.75) is 13.1 Å². The van der Waals surface area contributed by atoms with E-state index in [2.05, 4.69) is 36.2 Å². The second-order valence-corrected chi connectivity index (χ2v) is 6.77. The minimum atomic E-state index is -0.773. The molecule has 26 heavy (non-hydrogen) atoms. The van der Waals surface area contributed by atoms with E-state index >= 15 is 0 Å². The van der Waals surface area contributed by atoms with Crippen molar-refractivity contribution in [1.29, 1.82) is 0 Å². The molecule has 0 bridgehead atoms. The molecule has 0 aliphatic heterocycles. The van der Waals surface area contributed by atoms with Gasteiger partial charge in [-0.3, -0.25) is 0 Å². The fourth-order valence-corrected chi connectivity index (χ4v) is 2.99. The molecule has 0 aliphatic rings. The second-order valence-electron chi connectivity index (χ2n) is 5.85. The number of benzene rings is 2. The fraction of sp³-hybridized carbons (Fsp3) is 0.105.